The van der Waals surface area contributed by atoms with E-state index in [1.54, 1.807) is 0 Å². The van der Waals surface area contributed by atoms with Crippen molar-refractivity contribution in [1.29, 1.82) is 0 Å². The molecule has 2 heterocycles. The van der Waals surface area contributed by atoms with Gasteiger partial charge in [0.2, 0.25) is 0 Å². The first-order valence-corrected chi connectivity index (χ1v) is 10.00. The fraction of sp³-hybridized carbons (Fsp3) is 0.571. The van der Waals surface area contributed by atoms with Gasteiger partial charge in [-0.2, -0.15) is 0 Å². The Morgan fingerprint density at radius 1 is 1.18 bits per heavy atom. The Morgan fingerprint density at radius 2 is 1.96 bits per heavy atom. The van der Waals surface area contributed by atoms with Gasteiger partial charge >= 0.3 is 5.97 Å². The van der Waals surface area contributed by atoms with Crippen molar-refractivity contribution in [2.75, 3.05) is 20.3 Å². The van der Waals surface area contributed by atoms with Crippen molar-refractivity contribution in [3.05, 3.63) is 40.5 Å². The summed E-state index contributed by atoms with van der Waals surface area (Å²) in [6.45, 7) is 6.60. The zero-order valence-corrected chi connectivity index (χ0v) is 17.1. The number of benzene rings is 1. The van der Waals surface area contributed by atoms with Crippen LogP contribution in [0, 0.1) is 13.8 Å². The quantitative estimate of drug-likeness (QED) is 0.555. The van der Waals surface area contributed by atoms with Crippen molar-refractivity contribution in [2.45, 2.75) is 59.0 Å². The van der Waals surface area contributed by atoms with E-state index in [-0.39, 0.29) is 12.6 Å². The van der Waals surface area contributed by atoms with E-state index in [9.17, 15) is 4.79 Å². The Kier molecular flexibility index (Phi) is 7.03. The molecule has 0 spiro atoms. The maximum Gasteiger partial charge on any atom is 0.343 e. The van der Waals surface area contributed by atoms with Gasteiger partial charge in [0.15, 0.2) is 6.61 Å². The minimum atomic E-state index is -0.379. The molecule has 0 fully saturated rings. The number of rotatable bonds is 8. The zero-order valence-electron chi connectivity index (χ0n) is 17.1. The van der Waals surface area contributed by atoms with Crippen molar-refractivity contribution in [3.63, 3.8) is 0 Å². The Bertz CT molecular complexity index is 793. The molecule has 0 atom stereocenters. The van der Waals surface area contributed by atoms with Gasteiger partial charge in [-0.1, -0.05) is 18.6 Å². The summed E-state index contributed by atoms with van der Waals surface area (Å²) < 4.78 is 12.5. The van der Waals surface area contributed by atoms with Crippen LogP contribution in [0.15, 0.2) is 12.1 Å². The summed E-state index contributed by atoms with van der Waals surface area (Å²) in [5.74, 6) is 2.60. The van der Waals surface area contributed by atoms with Crippen LogP contribution < -0.4 is 10.1 Å². The van der Waals surface area contributed by atoms with Crippen molar-refractivity contribution in [2.24, 2.45) is 0 Å². The fourth-order valence-corrected chi connectivity index (χ4v) is 3.72. The van der Waals surface area contributed by atoms with Gasteiger partial charge in [-0.05, 0) is 43.4 Å². The Labute approximate surface area is 166 Å². The average molecular weight is 386 g/mol. The second kappa shape index (κ2) is 9.68. The first-order chi connectivity index (χ1) is 13.6. The summed E-state index contributed by atoms with van der Waals surface area (Å²) in [6, 6.07) is 4.19. The molecule has 0 saturated heterocycles. The lowest BCUT2D eigenvalue weighted by atomic mass is 10.1. The molecule has 0 saturated carbocycles. The predicted octanol–water partition coefficient (Wildman–Crippen LogP) is 2.51. The van der Waals surface area contributed by atoms with Gasteiger partial charge in [0, 0.05) is 32.5 Å². The molecule has 0 unspecified atom stereocenters. The van der Waals surface area contributed by atoms with Crippen LogP contribution in [0.1, 0.15) is 47.6 Å². The topological polar surface area (TPSA) is 78.3 Å². The van der Waals surface area contributed by atoms with E-state index in [4.69, 9.17) is 4.74 Å². The number of hydrogen-bond acceptors (Lipinski definition) is 6. The molecule has 0 radical (unpaired) electrons. The summed E-state index contributed by atoms with van der Waals surface area (Å²) in [7, 11) is 1.36. The van der Waals surface area contributed by atoms with Crippen LogP contribution in [0.2, 0.25) is 0 Å². The van der Waals surface area contributed by atoms with Crippen molar-refractivity contribution < 1.29 is 14.3 Å². The number of carbonyl (C=O) groups excluding carboxylic acids is 1. The number of fused-ring (bicyclic) bond motifs is 1. The number of esters is 1. The number of carbonyl (C=O) groups is 1. The molecule has 28 heavy (non-hydrogen) atoms. The Balaban J connectivity index is 1.51. The summed E-state index contributed by atoms with van der Waals surface area (Å²) in [6.07, 6.45) is 5.64. The summed E-state index contributed by atoms with van der Waals surface area (Å²) in [5, 5.41) is 12.2. The maximum atomic E-state index is 11.3. The highest BCUT2D eigenvalue weighted by Gasteiger charge is 2.14. The van der Waals surface area contributed by atoms with Crippen molar-refractivity contribution >= 4 is 5.97 Å². The SMILES string of the molecule is COC(=O)COc1c(C)cc(CNCCc2nnc3n2CCCCC3)cc1C. The van der Waals surface area contributed by atoms with Crippen molar-refractivity contribution in [3.8, 4) is 5.75 Å². The van der Waals surface area contributed by atoms with Gasteiger partial charge in [-0.15, -0.1) is 10.2 Å². The summed E-state index contributed by atoms with van der Waals surface area (Å²) >= 11 is 0. The summed E-state index contributed by atoms with van der Waals surface area (Å²) in [4.78, 5) is 11.3. The molecule has 1 N–H and O–H groups in total. The number of ether oxygens (including phenoxy) is 2. The highest BCUT2D eigenvalue weighted by molar-refractivity contribution is 5.71. The largest absolute Gasteiger partial charge is 0.481 e. The van der Waals surface area contributed by atoms with Crippen LogP contribution in [0.25, 0.3) is 0 Å². The number of aromatic nitrogens is 3. The lowest BCUT2D eigenvalue weighted by molar-refractivity contribution is -0.142. The van der Waals surface area contributed by atoms with Gasteiger partial charge in [0.05, 0.1) is 7.11 Å². The highest BCUT2D eigenvalue weighted by atomic mass is 16.6. The third kappa shape index (κ3) is 5.10. The molecule has 1 aromatic carbocycles. The minimum absolute atomic E-state index is 0.0710. The van der Waals surface area contributed by atoms with Gasteiger partial charge in [0.1, 0.15) is 17.4 Å². The monoisotopic (exact) mass is 386 g/mol. The molecule has 0 bridgehead atoms. The van der Waals surface area contributed by atoms with E-state index in [1.807, 2.05) is 13.8 Å². The molecular weight excluding hydrogens is 356 g/mol. The Morgan fingerprint density at radius 3 is 2.71 bits per heavy atom. The molecule has 7 heteroatoms. The molecular formula is C21H30N4O3. The minimum Gasteiger partial charge on any atom is -0.481 e. The number of nitrogens with zero attached hydrogens (tertiary/aromatic N) is 3. The molecule has 1 aliphatic rings. The maximum absolute atomic E-state index is 11.3. The second-order valence-corrected chi connectivity index (χ2v) is 7.35. The van der Waals surface area contributed by atoms with Gasteiger partial charge in [0.25, 0.3) is 0 Å². The molecule has 7 nitrogen and oxygen atoms in total. The van der Waals surface area contributed by atoms with Crippen LogP contribution in [0.5, 0.6) is 5.75 Å². The molecule has 0 aliphatic carbocycles. The van der Waals surface area contributed by atoms with Gasteiger partial charge in [-0.25, -0.2) is 4.79 Å². The number of hydrogen-bond donors (Lipinski definition) is 1. The standard InChI is InChI=1S/C21H30N4O3/c1-15-11-17(12-16(2)21(15)28-14-20(26)27-3)13-22-9-8-19-24-23-18-7-5-4-6-10-25(18)19/h11-12,22H,4-10,13-14H2,1-3H3. The summed E-state index contributed by atoms with van der Waals surface area (Å²) in [5.41, 5.74) is 3.23. The third-order valence-electron chi connectivity index (χ3n) is 5.12. The van der Waals surface area contributed by atoms with Gasteiger partial charge in [-0.3, -0.25) is 0 Å². The number of nitrogens with one attached hydrogen (secondary N) is 1. The lowest BCUT2D eigenvalue weighted by Crippen LogP contribution is -2.19. The molecule has 3 rings (SSSR count). The van der Waals surface area contributed by atoms with Gasteiger partial charge < -0.3 is 19.4 Å². The zero-order chi connectivity index (χ0) is 19.9. The van der Waals surface area contributed by atoms with Crippen LogP contribution >= 0.6 is 0 Å². The Hall–Kier alpha value is -2.41. The van der Waals surface area contributed by atoms with E-state index in [1.165, 1.54) is 31.9 Å². The molecule has 1 aromatic heterocycles. The molecule has 152 valence electrons. The second-order valence-electron chi connectivity index (χ2n) is 7.35. The smallest absolute Gasteiger partial charge is 0.343 e. The van der Waals surface area contributed by atoms with Crippen LogP contribution in [0.3, 0.4) is 0 Å². The van der Waals surface area contributed by atoms with Crippen molar-refractivity contribution in [1.82, 2.24) is 20.1 Å². The number of methoxy groups -OCH3 is 1. The van der Waals surface area contributed by atoms with E-state index in [2.05, 4.69) is 37.0 Å². The van der Waals surface area contributed by atoms with E-state index >= 15 is 0 Å². The first-order valence-electron chi connectivity index (χ1n) is 10.00. The predicted molar refractivity (Wildman–Crippen MR) is 106 cm³/mol. The van der Waals surface area contributed by atoms with Crippen LogP contribution in [0.4, 0.5) is 0 Å². The highest BCUT2D eigenvalue weighted by Crippen LogP contribution is 2.25. The normalized spacial score (nSPS) is 13.7. The first kappa shape index (κ1) is 20.3. The lowest BCUT2D eigenvalue weighted by Gasteiger charge is -2.14. The molecule has 2 aromatic rings. The number of aryl methyl sites for hydroxylation is 3. The molecule has 1 aliphatic heterocycles. The van der Waals surface area contributed by atoms with Crippen LogP contribution in [-0.4, -0.2) is 41.0 Å². The van der Waals surface area contributed by atoms with E-state index in [0.717, 1.165) is 61.0 Å². The van der Waals surface area contributed by atoms with E-state index < -0.39 is 0 Å². The van der Waals surface area contributed by atoms with E-state index in [0.29, 0.717) is 0 Å². The van der Waals surface area contributed by atoms with Crippen LogP contribution in [-0.2, 0) is 35.5 Å². The molecule has 0 amide bonds. The average Bonchev–Trinajstić information content (AvgIpc) is 2.90. The fourth-order valence-electron chi connectivity index (χ4n) is 3.72. The third-order valence-corrected chi connectivity index (χ3v) is 5.12.